The van der Waals surface area contributed by atoms with Gasteiger partial charge in [-0.1, -0.05) is 11.3 Å². The fraction of sp³-hybridized carbons (Fsp3) is 0. The molecule has 20 heavy (non-hydrogen) atoms. The predicted molar refractivity (Wildman–Crippen MR) is 70.8 cm³/mol. The lowest BCUT2D eigenvalue weighted by atomic mass is 10.2. The third kappa shape index (κ3) is 3.52. The standard InChI is InChI=1S/C9H8N3O6PS/c13-7(14)4-1-2-5-6(3-4)20-9(10-5)11-8(15)12-19(16,17)18/h1-3H,(H,13,14)(H4,10,11,12,15,16,17,18). The van der Waals surface area contributed by atoms with Crippen LogP contribution in [0.1, 0.15) is 10.4 Å². The van der Waals surface area contributed by atoms with Crippen LogP contribution in [0, 0.1) is 0 Å². The molecule has 1 heterocycles. The molecule has 2 amide bonds. The van der Waals surface area contributed by atoms with Crippen LogP contribution in [0.25, 0.3) is 10.2 Å². The second-order valence-corrected chi connectivity index (χ2v) is 5.96. The van der Waals surface area contributed by atoms with Crippen LogP contribution in [0.3, 0.4) is 0 Å². The first kappa shape index (κ1) is 14.4. The van der Waals surface area contributed by atoms with Gasteiger partial charge in [-0.2, -0.15) is 0 Å². The number of benzene rings is 1. The minimum Gasteiger partial charge on any atom is -0.478 e. The zero-order valence-corrected chi connectivity index (χ0v) is 11.3. The average molecular weight is 317 g/mol. The van der Waals surface area contributed by atoms with Crippen LogP contribution >= 0.6 is 19.1 Å². The van der Waals surface area contributed by atoms with Crippen molar-refractivity contribution in [3.05, 3.63) is 23.8 Å². The van der Waals surface area contributed by atoms with Gasteiger partial charge in [-0.15, -0.1) is 0 Å². The van der Waals surface area contributed by atoms with Gasteiger partial charge in [0.1, 0.15) is 0 Å². The molecule has 0 saturated heterocycles. The van der Waals surface area contributed by atoms with Gasteiger partial charge in [-0.05, 0) is 18.2 Å². The van der Waals surface area contributed by atoms with E-state index in [1.807, 2.05) is 0 Å². The summed E-state index contributed by atoms with van der Waals surface area (Å²) in [6, 6.07) is 3.13. The van der Waals surface area contributed by atoms with Crippen molar-refractivity contribution in [2.45, 2.75) is 0 Å². The Morgan fingerprint density at radius 2 is 2.00 bits per heavy atom. The Morgan fingerprint density at radius 3 is 2.60 bits per heavy atom. The molecule has 2 aromatic rings. The third-order valence-corrected chi connectivity index (χ3v) is 3.53. The van der Waals surface area contributed by atoms with Crippen molar-refractivity contribution in [3.63, 3.8) is 0 Å². The number of thiazole rings is 1. The van der Waals surface area contributed by atoms with Crippen molar-refractivity contribution < 1.29 is 29.0 Å². The molecule has 106 valence electrons. The Hall–Kier alpha value is -2.00. The number of fused-ring (bicyclic) bond motifs is 1. The molecule has 0 bridgehead atoms. The van der Waals surface area contributed by atoms with Crippen LogP contribution in [0.15, 0.2) is 18.2 Å². The lowest BCUT2D eigenvalue weighted by Gasteiger charge is -2.05. The fourth-order valence-electron chi connectivity index (χ4n) is 1.37. The summed E-state index contributed by atoms with van der Waals surface area (Å²) in [6.45, 7) is 0. The number of carboxylic acids is 1. The molecule has 0 spiro atoms. The second-order valence-electron chi connectivity index (χ2n) is 3.62. The zero-order valence-electron chi connectivity index (χ0n) is 9.60. The molecule has 0 unspecified atom stereocenters. The summed E-state index contributed by atoms with van der Waals surface area (Å²) in [5, 5.41) is 12.5. The van der Waals surface area contributed by atoms with Gasteiger partial charge in [-0.3, -0.25) is 5.32 Å². The number of rotatable bonds is 3. The third-order valence-electron chi connectivity index (χ3n) is 2.10. The van der Waals surface area contributed by atoms with E-state index in [0.29, 0.717) is 10.2 Å². The quantitative estimate of drug-likeness (QED) is 0.534. The van der Waals surface area contributed by atoms with Crippen molar-refractivity contribution in [1.82, 2.24) is 10.1 Å². The van der Waals surface area contributed by atoms with E-state index in [9.17, 15) is 14.2 Å². The minimum absolute atomic E-state index is 0.0763. The number of carbonyl (C=O) groups is 2. The van der Waals surface area contributed by atoms with E-state index in [0.717, 1.165) is 11.3 Å². The largest absolute Gasteiger partial charge is 0.478 e. The van der Waals surface area contributed by atoms with Crippen molar-refractivity contribution >= 4 is 46.4 Å². The van der Waals surface area contributed by atoms with Crippen molar-refractivity contribution in [2.75, 3.05) is 5.32 Å². The molecule has 0 aliphatic rings. The highest BCUT2D eigenvalue weighted by Gasteiger charge is 2.18. The molecule has 11 heteroatoms. The van der Waals surface area contributed by atoms with Gasteiger partial charge in [0, 0.05) is 0 Å². The highest BCUT2D eigenvalue weighted by molar-refractivity contribution is 7.50. The second kappa shape index (κ2) is 5.17. The van der Waals surface area contributed by atoms with E-state index >= 15 is 0 Å². The lowest BCUT2D eigenvalue weighted by Crippen LogP contribution is -2.25. The van der Waals surface area contributed by atoms with E-state index in [2.05, 4.69) is 10.3 Å². The molecule has 2 rings (SSSR count). The number of aromatic nitrogens is 1. The molecule has 5 N–H and O–H groups in total. The fourth-order valence-corrected chi connectivity index (χ4v) is 2.59. The van der Waals surface area contributed by atoms with E-state index in [1.54, 1.807) is 0 Å². The number of amides is 2. The Bertz CT molecular complexity index is 738. The van der Waals surface area contributed by atoms with Crippen LogP contribution in [0.4, 0.5) is 9.93 Å². The minimum atomic E-state index is -4.68. The average Bonchev–Trinajstić information content (AvgIpc) is 2.66. The SMILES string of the molecule is O=C(Nc1nc2ccc(C(=O)O)cc2s1)NP(=O)(O)O. The summed E-state index contributed by atoms with van der Waals surface area (Å²) < 4.78 is 11.1. The summed E-state index contributed by atoms with van der Waals surface area (Å²) in [5.41, 5.74) is 0.541. The highest BCUT2D eigenvalue weighted by atomic mass is 32.1. The monoisotopic (exact) mass is 317 g/mol. The van der Waals surface area contributed by atoms with Gasteiger partial charge in [0.2, 0.25) is 0 Å². The highest BCUT2D eigenvalue weighted by Crippen LogP contribution is 2.30. The molecule has 0 fully saturated rings. The van der Waals surface area contributed by atoms with Gasteiger partial charge in [0.15, 0.2) is 5.13 Å². The van der Waals surface area contributed by atoms with Gasteiger partial charge >= 0.3 is 19.7 Å². The molecule has 1 aromatic carbocycles. The molecule has 0 radical (unpaired) electrons. The van der Waals surface area contributed by atoms with Crippen LogP contribution in [-0.2, 0) is 4.57 Å². The molecule has 9 nitrogen and oxygen atoms in total. The summed E-state index contributed by atoms with van der Waals surface area (Å²) >= 11 is 0.984. The first-order valence-electron chi connectivity index (χ1n) is 5.03. The van der Waals surface area contributed by atoms with E-state index in [4.69, 9.17) is 14.9 Å². The number of aromatic carboxylic acids is 1. The summed E-state index contributed by atoms with van der Waals surface area (Å²) in [6.07, 6.45) is 0. The molecule has 0 atom stereocenters. The van der Waals surface area contributed by atoms with Gasteiger partial charge < -0.3 is 14.9 Å². The molecule has 1 aromatic heterocycles. The van der Waals surface area contributed by atoms with Gasteiger partial charge in [0.05, 0.1) is 15.8 Å². The van der Waals surface area contributed by atoms with Crippen LogP contribution < -0.4 is 10.4 Å². The van der Waals surface area contributed by atoms with Gasteiger partial charge in [-0.25, -0.2) is 24.2 Å². The maximum atomic E-state index is 11.2. The maximum absolute atomic E-state index is 11.2. The lowest BCUT2D eigenvalue weighted by molar-refractivity contribution is 0.0697. The number of anilines is 1. The van der Waals surface area contributed by atoms with Crippen molar-refractivity contribution in [3.8, 4) is 0 Å². The molecule has 0 aliphatic carbocycles. The molecule has 0 saturated carbocycles. The summed E-state index contributed by atoms with van der Waals surface area (Å²) in [4.78, 5) is 43.1. The first-order valence-corrected chi connectivity index (χ1v) is 7.46. The maximum Gasteiger partial charge on any atom is 0.431 e. The van der Waals surface area contributed by atoms with E-state index in [-0.39, 0.29) is 10.7 Å². The smallest absolute Gasteiger partial charge is 0.431 e. The Balaban J connectivity index is 2.22. The van der Waals surface area contributed by atoms with Crippen LogP contribution in [-0.4, -0.2) is 31.9 Å². The molecular formula is C9H8N3O6PS. The zero-order chi connectivity index (χ0) is 14.9. The van der Waals surface area contributed by atoms with Crippen molar-refractivity contribution in [2.24, 2.45) is 0 Å². The molecular weight excluding hydrogens is 309 g/mol. The van der Waals surface area contributed by atoms with E-state index in [1.165, 1.54) is 23.3 Å². The normalized spacial score (nSPS) is 11.3. The summed E-state index contributed by atoms with van der Waals surface area (Å²) in [7, 11) is -4.68. The first-order chi connectivity index (χ1) is 9.24. The van der Waals surface area contributed by atoms with Gasteiger partial charge in [0.25, 0.3) is 0 Å². The Labute approximate surface area is 115 Å². The number of nitrogens with zero attached hydrogens (tertiary/aromatic N) is 1. The number of nitrogens with one attached hydrogen (secondary N) is 2. The number of hydrogen-bond donors (Lipinski definition) is 5. The number of hydrogen-bond acceptors (Lipinski definition) is 5. The Kier molecular flexibility index (Phi) is 3.73. The topological polar surface area (TPSA) is 149 Å². The van der Waals surface area contributed by atoms with Crippen molar-refractivity contribution in [1.29, 1.82) is 0 Å². The summed E-state index contributed by atoms with van der Waals surface area (Å²) in [5.74, 6) is -1.09. The predicted octanol–water partition coefficient (Wildman–Crippen LogP) is 1.21. The number of carboxylic acid groups (broad SMARTS) is 1. The number of carbonyl (C=O) groups excluding carboxylic acids is 1. The van der Waals surface area contributed by atoms with E-state index < -0.39 is 19.7 Å². The molecule has 0 aliphatic heterocycles. The van der Waals surface area contributed by atoms with Crippen LogP contribution in [0.5, 0.6) is 0 Å². The Morgan fingerprint density at radius 1 is 1.30 bits per heavy atom. The van der Waals surface area contributed by atoms with Crippen LogP contribution in [0.2, 0.25) is 0 Å². The number of urea groups is 1.